The summed E-state index contributed by atoms with van der Waals surface area (Å²) in [6.45, 7) is 6.66. The summed E-state index contributed by atoms with van der Waals surface area (Å²) in [4.78, 5) is 38.4. The molecule has 0 radical (unpaired) electrons. The predicted molar refractivity (Wildman–Crippen MR) is 344 cm³/mol. The van der Waals surface area contributed by atoms with Crippen molar-refractivity contribution < 1.29 is 28.6 Å². The topological polar surface area (TPSA) is 78.9 Å². The zero-order valence-corrected chi connectivity index (χ0v) is 53.4. The first-order valence-electron chi connectivity index (χ1n) is 35.5. The highest BCUT2D eigenvalue weighted by atomic mass is 16.6. The third kappa shape index (κ3) is 66.3. The lowest BCUT2D eigenvalue weighted by atomic mass is 10.0. The molecule has 0 bridgehead atoms. The summed E-state index contributed by atoms with van der Waals surface area (Å²) in [5, 5.41) is 0. The Labute approximate surface area is 493 Å². The Morgan fingerprint density at radius 3 is 0.671 bits per heavy atom. The van der Waals surface area contributed by atoms with Crippen LogP contribution in [0.2, 0.25) is 0 Å². The van der Waals surface area contributed by atoms with Crippen LogP contribution in [0.1, 0.15) is 393 Å². The fourth-order valence-corrected chi connectivity index (χ4v) is 10.7. The quantitative estimate of drug-likeness (QED) is 0.0261. The van der Waals surface area contributed by atoms with Crippen molar-refractivity contribution in [1.82, 2.24) is 0 Å². The van der Waals surface area contributed by atoms with Crippen molar-refractivity contribution in [2.75, 3.05) is 13.2 Å². The Morgan fingerprint density at radius 2 is 0.430 bits per heavy atom. The average molecular weight is 1110 g/mol. The van der Waals surface area contributed by atoms with Crippen LogP contribution in [0.5, 0.6) is 0 Å². The second kappa shape index (κ2) is 68.1. The molecule has 0 aliphatic rings. The minimum atomic E-state index is -0.774. The number of unbranched alkanes of at least 4 members (excludes halogenated alkanes) is 49. The molecule has 0 amide bonds. The van der Waals surface area contributed by atoms with E-state index in [1.54, 1.807) is 0 Å². The summed E-state index contributed by atoms with van der Waals surface area (Å²) < 4.78 is 17.0. The standard InChI is InChI=1S/C73H136O6/c1-4-7-10-13-16-19-22-24-26-28-30-32-34-36-38-40-42-44-46-48-51-54-57-60-63-66-72(75)78-69-70(68-77-71(74)65-62-59-56-53-50-21-18-15-12-9-6-3)79-73(76)67-64-61-58-55-52-49-47-45-43-41-39-37-35-33-31-29-27-25-23-20-17-14-11-8-5-2/h15,18,28-31,70H,4-14,16-17,19-27,32-69H2,1-3H3/b18-15-,30-28-,31-29-. The highest BCUT2D eigenvalue weighted by Crippen LogP contribution is 2.18. The molecule has 0 spiro atoms. The molecule has 0 aliphatic carbocycles. The van der Waals surface area contributed by atoms with Gasteiger partial charge in [0.05, 0.1) is 0 Å². The van der Waals surface area contributed by atoms with E-state index >= 15 is 0 Å². The van der Waals surface area contributed by atoms with Crippen molar-refractivity contribution in [3.05, 3.63) is 36.5 Å². The molecule has 6 nitrogen and oxygen atoms in total. The minimum absolute atomic E-state index is 0.0708. The molecule has 79 heavy (non-hydrogen) atoms. The fraction of sp³-hybridized carbons (Fsp3) is 0.877. The van der Waals surface area contributed by atoms with Crippen molar-refractivity contribution in [1.29, 1.82) is 0 Å². The molecule has 1 atom stereocenters. The molecule has 0 rings (SSSR count). The van der Waals surface area contributed by atoms with Crippen LogP contribution in [-0.4, -0.2) is 37.2 Å². The molecular weight excluding hydrogens is 973 g/mol. The molecule has 0 heterocycles. The molecule has 0 aromatic heterocycles. The van der Waals surface area contributed by atoms with E-state index in [2.05, 4.69) is 57.2 Å². The summed E-state index contributed by atoms with van der Waals surface area (Å²) >= 11 is 0. The maximum absolute atomic E-state index is 12.9. The van der Waals surface area contributed by atoms with Gasteiger partial charge in [-0.25, -0.2) is 0 Å². The van der Waals surface area contributed by atoms with E-state index in [0.717, 1.165) is 64.2 Å². The molecule has 0 saturated carbocycles. The van der Waals surface area contributed by atoms with Gasteiger partial charge in [0, 0.05) is 19.3 Å². The zero-order valence-electron chi connectivity index (χ0n) is 53.4. The first-order valence-corrected chi connectivity index (χ1v) is 35.5. The van der Waals surface area contributed by atoms with Crippen molar-refractivity contribution in [3.63, 3.8) is 0 Å². The Bertz CT molecular complexity index is 1320. The summed E-state index contributed by atoms with van der Waals surface area (Å²) in [5.41, 5.74) is 0. The molecular formula is C73H136O6. The molecule has 0 aromatic carbocycles. The monoisotopic (exact) mass is 1110 g/mol. The Kier molecular flexibility index (Phi) is 66.1. The first-order chi connectivity index (χ1) is 39.0. The second-order valence-corrected chi connectivity index (χ2v) is 24.1. The minimum Gasteiger partial charge on any atom is -0.462 e. The molecule has 0 N–H and O–H groups in total. The zero-order chi connectivity index (χ0) is 57.1. The van der Waals surface area contributed by atoms with Gasteiger partial charge in [0.25, 0.3) is 0 Å². The van der Waals surface area contributed by atoms with Gasteiger partial charge in [0.15, 0.2) is 6.10 Å². The third-order valence-corrected chi connectivity index (χ3v) is 16.1. The molecule has 1 unspecified atom stereocenters. The number of carbonyl (C=O) groups excluding carboxylic acids is 3. The van der Waals surface area contributed by atoms with Gasteiger partial charge in [0.1, 0.15) is 13.2 Å². The predicted octanol–water partition coefficient (Wildman–Crippen LogP) is 24.3. The lowest BCUT2D eigenvalue weighted by molar-refractivity contribution is -0.167. The van der Waals surface area contributed by atoms with Crippen LogP contribution < -0.4 is 0 Å². The third-order valence-electron chi connectivity index (χ3n) is 16.1. The summed E-state index contributed by atoms with van der Waals surface area (Å²) in [7, 11) is 0. The van der Waals surface area contributed by atoms with Crippen LogP contribution in [-0.2, 0) is 28.6 Å². The lowest BCUT2D eigenvalue weighted by Gasteiger charge is -2.18. The highest BCUT2D eigenvalue weighted by Gasteiger charge is 2.19. The number of esters is 3. The fourth-order valence-electron chi connectivity index (χ4n) is 10.7. The molecule has 0 fully saturated rings. The number of hydrogen-bond acceptors (Lipinski definition) is 6. The highest BCUT2D eigenvalue weighted by molar-refractivity contribution is 5.71. The van der Waals surface area contributed by atoms with Crippen molar-refractivity contribution >= 4 is 17.9 Å². The van der Waals surface area contributed by atoms with Crippen LogP contribution in [0.4, 0.5) is 0 Å². The van der Waals surface area contributed by atoms with E-state index in [1.807, 2.05) is 0 Å². The molecule has 464 valence electrons. The number of allylic oxidation sites excluding steroid dienone is 6. The van der Waals surface area contributed by atoms with Crippen molar-refractivity contribution in [3.8, 4) is 0 Å². The largest absolute Gasteiger partial charge is 0.462 e. The maximum Gasteiger partial charge on any atom is 0.306 e. The Hall–Kier alpha value is -2.37. The van der Waals surface area contributed by atoms with Crippen LogP contribution in [0.15, 0.2) is 36.5 Å². The van der Waals surface area contributed by atoms with Crippen LogP contribution in [0.25, 0.3) is 0 Å². The van der Waals surface area contributed by atoms with E-state index < -0.39 is 6.10 Å². The Balaban J connectivity index is 4.18. The molecule has 0 aliphatic heterocycles. The van der Waals surface area contributed by atoms with E-state index in [1.165, 1.54) is 289 Å². The molecule has 0 saturated heterocycles. The number of rotatable bonds is 66. The van der Waals surface area contributed by atoms with Gasteiger partial charge < -0.3 is 14.2 Å². The first kappa shape index (κ1) is 76.6. The van der Waals surface area contributed by atoms with E-state index in [0.29, 0.717) is 19.3 Å². The number of hydrogen-bond donors (Lipinski definition) is 0. The van der Waals surface area contributed by atoms with Crippen molar-refractivity contribution in [2.45, 2.75) is 399 Å². The van der Waals surface area contributed by atoms with E-state index in [4.69, 9.17) is 14.2 Å². The van der Waals surface area contributed by atoms with Gasteiger partial charge in [-0.05, 0) is 89.9 Å². The van der Waals surface area contributed by atoms with Gasteiger partial charge in [-0.15, -0.1) is 0 Å². The van der Waals surface area contributed by atoms with Gasteiger partial charge in [-0.1, -0.05) is 320 Å². The van der Waals surface area contributed by atoms with E-state index in [-0.39, 0.29) is 31.1 Å². The average Bonchev–Trinajstić information content (AvgIpc) is 3.45. The van der Waals surface area contributed by atoms with Gasteiger partial charge in [0.2, 0.25) is 0 Å². The van der Waals surface area contributed by atoms with Crippen molar-refractivity contribution in [2.24, 2.45) is 0 Å². The summed E-state index contributed by atoms with van der Waals surface area (Å²) in [6.07, 6.45) is 84.7. The second-order valence-electron chi connectivity index (χ2n) is 24.1. The van der Waals surface area contributed by atoms with Gasteiger partial charge in [-0.3, -0.25) is 14.4 Å². The smallest absolute Gasteiger partial charge is 0.306 e. The molecule has 6 heteroatoms. The van der Waals surface area contributed by atoms with Gasteiger partial charge >= 0.3 is 17.9 Å². The summed E-state index contributed by atoms with van der Waals surface area (Å²) in [5.74, 6) is -0.855. The van der Waals surface area contributed by atoms with Gasteiger partial charge in [-0.2, -0.15) is 0 Å². The van der Waals surface area contributed by atoms with Crippen LogP contribution in [0, 0.1) is 0 Å². The van der Waals surface area contributed by atoms with E-state index in [9.17, 15) is 14.4 Å². The lowest BCUT2D eigenvalue weighted by Crippen LogP contribution is -2.30. The number of carbonyl (C=O) groups is 3. The number of ether oxygens (including phenoxy) is 3. The summed E-state index contributed by atoms with van der Waals surface area (Å²) in [6, 6.07) is 0. The normalized spacial score (nSPS) is 12.2. The SMILES string of the molecule is CCCC/C=C\CCCCCCCC(=O)OCC(COC(=O)CCCCCCCCCCCCCCC/C=C\CCCCCCCCCC)OC(=O)CCCCCCCCCCCCCCC/C=C\CCCCCCCCCC. The Morgan fingerprint density at radius 1 is 0.241 bits per heavy atom. The van der Waals surface area contributed by atoms with Crippen LogP contribution >= 0.6 is 0 Å². The molecule has 0 aromatic rings. The maximum atomic E-state index is 12.9. The van der Waals surface area contributed by atoms with Crippen LogP contribution in [0.3, 0.4) is 0 Å².